The van der Waals surface area contributed by atoms with Crippen LogP contribution in [0.1, 0.15) is 46.0 Å². The Labute approximate surface area is 82.1 Å². The maximum atomic E-state index is 2.36. The molecular formula is C13H21. The van der Waals surface area contributed by atoms with E-state index in [9.17, 15) is 0 Å². The molecule has 3 aliphatic carbocycles. The predicted molar refractivity (Wildman–Crippen MR) is 55.1 cm³/mol. The number of rotatable bonds is 1. The van der Waals surface area contributed by atoms with Gasteiger partial charge in [0.05, 0.1) is 0 Å². The molecule has 0 heterocycles. The first-order valence-electron chi connectivity index (χ1n) is 6.07. The van der Waals surface area contributed by atoms with Crippen LogP contribution in [-0.2, 0) is 0 Å². The van der Waals surface area contributed by atoms with Crippen molar-refractivity contribution < 1.29 is 0 Å². The molecule has 5 atom stereocenters. The minimum absolute atomic E-state index is 1.02. The van der Waals surface area contributed by atoms with Crippen LogP contribution in [0.4, 0.5) is 0 Å². The van der Waals surface area contributed by atoms with Gasteiger partial charge in [0.25, 0.3) is 0 Å². The second-order valence-electron chi connectivity index (χ2n) is 5.84. The Bertz CT molecular complexity index is 204. The number of fused-ring (bicyclic) bond motifs is 5. The molecule has 0 nitrogen and oxygen atoms in total. The second kappa shape index (κ2) is 2.74. The van der Waals surface area contributed by atoms with Crippen molar-refractivity contribution in [3.8, 4) is 0 Å². The standard InChI is InChI=1S/C13H21/c1-8(2)12-6-9-7-13(12)11-5-3-4-10(9)11/h9-13H,3-7H2,1-2H3. The van der Waals surface area contributed by atoms with Crippen molar-refractivity contribution in [1.29, 1.82) is 0 Å². The van der Waals surface area contributed by atoms with E-state index in [4.69, 9.17) is 0 Å². The van der Waals surface area contributed by atoms with Gasteiger partial charge in [-0.25, -0.2) is 0 Å². The molecule has 3 aliphatic rings. The van der Waals surface area contributed by atoms with Crippen LogP contribution in [0.3, 0.4) is 0 Å². The summed E-state index contributed by atoms with van der Waals surface area (Å²) in [5, 5.41) is 0. The molecule has 0 aromatic carbocycles. The van der Waals surface area contributed by atoms with E-state index in [1.807, 2.05) is 0 Å². The van der Waals surface area contributed by atoms with Gasteiger partial charge in [-0.1, -0.05) is 20.3 Å². The summed E-state index contributed by atoms with van der Waals surface area (Å²) in [5.74, 6) is 7.31. The van der Waals surface area contributed by atoms with Crippen LogP contribution < -0.4 is 0 Å². The van der Waals surface area contributed by atoms with Gasteiger partial charge in [-0.2, -0.15) is 0 Å². The normalized spacial score (nSPS) is 53.3. The van der Waals surface area contributed by atoms with Gasteiger partial charge in [0, 0.05) is 0 Å². The molecule has 0 aromatic rings. The first kappa shape index (κ1) is 8.32. The molecule has 0 amide bonds. The lowest BCUT2D eigenvalue weighted by Crippen LogP contribution is -2.26. The Morgan fingerprint density at radius 1 is 0.923 bits per heavy atom. The van der Waals surface area contributed by atoms with Gasteiger partial charge in [0.2, 0.25) is 0 Å². The Balaban J connectivity index is 1.82. The molecule has 73 valence electrons. The lowest BCUT2D eigenvalue weighted by molar-refractivity contribution is 0.197. The first-order valence-corrected chi connectivity index (χ1v) is 6.07. The quantitative estimate of drug-likeness (QED) is 0.573. The van der Waals surface area contributed by atoms with E-state index >= 15 is 0 Å². The fourth-order valence-corrected chi connectivity index (χ4v) is 4.73. The minimum Gasteiger partial charge on any atom is -0.0591 e. The zero-order valence-electron chi connectivity index (χ0n) is 8.92. The summed E-state index contributed by atoms with van der Waals surface area (Å²) in [6.07, 6.45) is 7.81. The van der Waals surface area contributed by atoms with Crippen LogP contribution in [0.15, 0.2) is 0 Å². The van der Waals surface area contributed by atoms with Crippen molar-refractivity contribution in [1.82, 2.24) is 0 Å². The summed E-state index contributed by atoms with van der Waals surface area (Å²) >= 11 is 0. The largest absolute Gasteiger partial charge is 0.0591 e. The van der Waals surface area contributed by atoms with Gasteiger partial charge < -0.3 is 0 Å². The van der Waals surface area contributed by atoms with Gasteiger partial charge in [-0.05, 0) is 61.2 Å². The highest BCUT2D eigenvalue weighted by Crippen LogP contribution is 2.62. The second-order valence-corrected chi connectivity index (χ2v) is 5.84. The summed E-state index contributed by atoms with van der Waals surface area (Å²) < 4.78 is 0. The van der Waals surface area contributed by atoms with Gasteiger partial charge in [-0.15, -0.1) is 0 Å². The average molecular weight is 177 g/mol. The molecule has 3 fully saturated rings. The van der Waals surface area contributed by atoms with E-state index in [-0.39, 0.29) is 0 Å². The highest BCUT2D eigenvalue weighted by molar-refractivity contribution is 5.08. The van der Waals surface area contributed by atoms with Crippen LogP contribution >= 0.6 is 0 Å². The highest BCUT2D eigenvalue weighted by Gasteiger charge is 2.54. The molecule has 0 spiro atoms. The summed E-state index contributed by atoms with van der Waals surface area (Å²) in [5.41, 5.74) is 0. The fourth-order valence-electron chi connectivity index (χ4n) is 4.73. The monoisotopic (exact) mass is 177 g/mol. The topological polar surface area (TPSA) is 0 Å². The molecule has 0 N–H and O–H groups in total. The third-order valence-corrected chi connectivity index (χ3v) is 5.17. The Kier molecular flexibility index (Phi) is 1.76. The molecule has 2 bridgehead atoms. The predicted octanol–water partition coefficient (Wildman–Crippen LogP) is 3.67. The first-order chi connectivity index (χ1) is 6.27. The zero-order chi connectivity index (χ0) is 9.00. The van der Waals surface area contributed by atoms with Crippen molar-refractivity contribution >= 4 is 0 Å². The van der Waals surface area contributed by atoms with E-state index in [2.05, 4.69) is 13.8 Å². The van der Waals surface area contributed by atoms with Gasteiger partial charge in [0.1, 0.15) is 0 Å². The third kappa shape index (κ3) is 1.04. The van der Waals surface area contributed by atoms with Crippen LogP contribution in [0, 0.1) is 35.5 Å². The molecule has 13 heavy (non-hydrogen) atoms. The Morgan fingerprint density at radius 3 is 2.46 bits per heavy atom. The molecule has 3 saturated carbocycles. The van der Waals surface area contributed by atoms with Crippen molar-refractivity contribution in [2.45, 2.75) is 46.0 Å². The lowest BCUT2D eigenvalue weighted by Gasteiger charge is -2.33. The summed E-state index contributed by atoms with van der Waals surface area (Å²) in [6.45, 7) is 4.71. The molecule has 5 unspecified atom stereocenters. The summed E-state index contributed by atoms with van der Waals surface area (Å²) in [4.78, 5) is 0. The maximum absolute atomic E-state index is 2.36. The third-order valence-electron chi connectivity index (χ3n) is 5.17. The van der Waals surface area contributed by atoms with E-state index in [1.54, 1.807) is 31.6 Å². The van der Waals surface area contributed by atoms with Crippen molar-refractivity contribution in [3.05, 3.63) is 5.92 Å². The van der Waals surface area contributed by atoms with E-state index in [0.717, 1.165) is 23.7 Å². The maximum Gasteiger partial charge on any atom is -0.0269 e. The summed E-state index contributed by atoms with van der Waals surface area (Å²) in [7, 11) is 0. The van der Waals surface area contributed by atoms with E-state index in [0.29, 0.717) is 0 Å². The van der Waals surface area contributed by atoms with Gasteiger partial charge >= 0.3 is 0 Å². The fraction of sp³-hybridized carbons (Fsp3) is 0.923. The molecule has 0 aliphatic heterocycles. The number of hydrogen-bond acceptors (Lipinski definition) is 0. The minimum atomic E-state index is 1.02. The Hall–Kier alpha value is 0. The Morgan fingerprint density at radius 2 is 1.69 bits per heavy atom. The van der Waals surface area contributed by atoms with Crippen LogP contribution in [0.5, 0.6) is 0 Å². The zero-order valence-corrected chi connectivity index (χ0v) is 8.92. The molecule has 0 aromatic heterocycles. The van der Waals surface area contributed by atoms with Gasteiger partial charge in [0.15, 0.2) is 0 Å². The molecule has 0 heteroatoms. The molecular weight excluding hydrogens is 156 g/mol. The van der Waals surface area contributed by atoms with Crippen molar-refractivity contribution in [2.75, 3.05) is 0 Å². The molecule has 0 saturated heterocycles. The van der Waals surface area contributed by atoms with Crippen LogP contribution in [-0.4, -0.2) is 0 Å². The van der Waals surface area contributed by atoms with Crippen LogP contribution in [0.2, 0.25) is 0 Å². The number of hydrogen-bond donors (Lipinski definition) is 0. The SMILES string of the molecule is C[C](C)C1CC2CC1C1CCCC21. The van der Waals surface area contributed by atoms with Gasteiger partial charge in [-0.3, -0.25) is 0 Å². The van der Waals surface area contributed by atoms with E-state index in [1.165, 1.54) is 12.3 Å². The molecule has 3 rings (SSSR count). The summed E-state index contributed by atoms with van der Waals surface area (Å²) in [6, 6.07) is 0. The lowest BCUT2D eigenvalue weighted by atomic mass is 9.72. The van der Waals surface area contributed by atoms with Crippen LogP contribution in [0.25, 0.3) is 0 Å². The van der Waals surface area contributed by atoms with Crippen molar-refractivity contribution in [2.24, 2.45) is 29.6 Å². The van der Waals surface area contributed by atoms with Crippen molar-refractivity contribution in [3.63, 3.8) is 0 Å². The average Bonchev–Trinajstić information content (AvgIpc) is 2.75. The smallest absolute Gasteiger partial charge is 0.0269 e. The van der Waals surface area contributed by atoms with E-state index < -0.39 is 0 Å². The molecule has 1 radical (unpaired) electrons. The highest BCUT2D eigenvalue weighted by atomic mass is 14.6.